The van der Waals surface area contributed by atoms with Crippen LogP contribution in [-0.2, 0) is 0 Å². The predicted molar refractivity (Wildman–Crippen MR) is 71.9 cm³/mol. The number of aromatic nitrogens is 1. The molecular weight excluding hydrogens is 228 g/mol. The first-order chi connectivity index (χ1) is 8.65. The summed E-state index contributed by atoms with van der Waals surface area (Å²) < 4.78 is 10.5. The maximum Gasteiger partial charge on any atom is 0.161 e. The van der Waals surface area contributed by atoms with Gasteiger partial charge in [-0.1, -0.05) is 6.07 Å². The number of nitrogens with zero attached hydrogens (tertiary/aromatic N) is 1. The summed E-state index contributed by atoms with van der Waals surface area (Å²) in [5.41, 5.74) is 8.69. The Labute approximate surface area is 106 Å². The standard InChI is InChI=1S/C14H16N2O2/c1-9-6-11(8-16-14(9)15)10-4-5-12(17-2)13(7-10)18-3/h4-8H,1-3H3,(H2,15,16). The van der Waals surface area contributed by atoms with Crippen LogP contribution in [0, 0.1) is 6.92 Å². The minimum atomic E-state index is 0.555. The summed E-state index contributed by atoms with van der Waals surface area (Å²) in [7, 11) is 3.24. The Balaban J connectivity index is 2.47. The molecule has 0 aliphatic heterocycles. The van der Waals surface area contributed by atoms with E-state index in [1.807, 2.05) is 31.2 Å². The van der Waals surface area contributed by atoms with E-state index in [2.05, 4.69) is 4.98 Å². The SMILES string of the molecule is COc1ccc(-c2cnc(N)c(C)c2)cc1OC. The van der Waals surface area contributed by atoms with Crippen molar-refractivity contribution in [1.29, 1.82) is 0 Å². The third kappa shape index (κ3) is 2.22. The monoisotopic (exact) mass is 244 g/mol. The highest BCUT2D eigenvalue weighted by molar-refractivity contribution is 5.68. The van der Waals surface area contributed by atoms with Gasteiger partial charge in [0.25, 0.3) is 0 Å². The number of rotatable bonds is 3. The largest absolute Gasteiger partial charge is 0.493 e. The molecule has 0 fully saturated rings. The maximum absolute atomic E-state index is 5.71. The number of nitrogens with two attached hydrogens (primary N) is 1. The zero-order valence-electron chi connectivity index (χ0n) is 10.7. The number of benzene rings is 1. The van der Waals surface area contributed by atoms with Crippen LogP contribution in [0.2, 0.25) is 0 Å². The average molecular weight is 244 g/mol. The van der Waals surface area contributed by atoms with E-state index in [4.69, 9.17) is 15.2 Å². The van der Waals surface area contributed by atoms with Gasteiger partial charge in [0.2, 0.25) is 0 Å². The fourth-order valence-corrected chi connectivity index (χ4v) is 1.76. The summed E-state index contributed by atoms with van der Waals surface area (Å²) in [6.07, 6.45) is 1.75. The molecular formula is C14H16N2O2. The molecule has 18 heavy (non-hydrogen) atoms. The fourth-order valence-electron chi connectivity index (χ4n) is 1.76. The predicted octanol–water partition coefficient (Wildman–Crippen LogP) is 2.66. The van der Waals surface area contributed by atoms with Crippen molar-refractivity contribution in [1.82, 2.24) is 4.98 Å². The molecule has 1 heterocycles. The molecule has 0 saturated carbocycles. The van der Waals surface area contributed by atoms with E-state index in [0.29, 0.717) is 17.3 Å². The first-order valence-electron chi connectivity index (χ1n) is 5.60. The molecule has 2 rings (SSSR count). The van der Waals surface area contributed by atoms with Crippen LogP contribution in [0.3, 0.4) is 0 Å². The lowest BCUT2D eigenvalue weighted by Crippen LogP contribution is -1.95. The van der Waals surface area contributed by atoms with Crippen LogP contribution in [0.4, 0.5) is 5.82 Å². The van der Waals surface area contributed by atoms with Crippen LogP contribution in [0.25, 0.3) is 11.1 Å². The summed E-state index contributed by atoms with van der Waals surface area (Å²) in [5.74, 6) is 1.96. The smallest absolute Gasteiger partial charge is 0.161 e. The fraction of sp³-hybridized carbons (Fsp3) is 0.214. The lowest BCUT2D eigenvalue weighted by molar-refractivity contribution is 0.355. The van der Waals surface area contributed by atoms with Gasteiger partial charge in [-0.2, -0.15) is 0 Å². The van der Waals surface area contributed by atoms with E-state index in [0.717, 1.165) is 16.7 Å². The van der Waals surface area contributed by atoms with Crippen molar-refractivity contribution in [2.45, 2.75) is 6.92 Å². The number of hydrogen-bond donors (Lipinski definition) is 1. The quantitative estimate of drug-likeness (QED) is 0.901. The van der Waals surface area contributed by atoms with Crippen LogP contribution in [-0.4, -0.2) is 19.2 Å². The lowest BCUT2D eigenvalue weighted by Gasteiger charge is -2.10. The normalized spacial score (nSPS) is 10.2. The second kappa shape index (κ2) is 4.96. The summed E-state index contributed by atoms with van der Waals surface area (Å²) in [5, 5.41) is 0. The third-order valence-corrected chi connectivity index (χ3v) is 2.84. The van der Waals surface area contributed by atoms with Crippen molar-refractivity contribution < 1.29 is 9.47 Å². The van der Waals surface area contributed by atoms with Gasteiger partial charge in [-0.25, -0.2) is 4.98 Å². The molecule has 0 bridgehead atoms. The van der Waals surface area contributed by atoms with Gasteiger partial charge in [0.15, 0.2) is 11.5 Å². The molecule has 0 aliphatic rings. The maximum atomic E-state index is 5.71. The molecule has 0 aliphatic carbocycles. The molecule has 4 nitrogen and oxygen atoms in total. The van der Waals surface area contributed by atoms with Crippen molar-refractivity contribution in [3.05, 3.63) is 36.0 Å². The Morgan fingerprint density at radius 2 is 1.72 bits per heavy atom. The van der Waals surface area contributed by atoms with Crippen LogP contribution >= 0.6 is 0 Å². The topological polar surface area (TPSA) is 57.4 Å². The molecule has 2 N–H and O–H groups in total. The van der Waals surface area contributed by atoms with Crippen molar-refractivity contribution in [3.8, 4) is 22.6 Å². The second-order valence-electron chi connectivity index (χ2n) is 4.00. The van der Waals surface area contributed by atoms with E-state index in [1.165, 1.54) is 0 Å². The van der Waals surface area contributed by atoms with Gasteiger partial charge in [-0.05, 0) is 36.2 Å². The Morgan fingerprint density at radius 3 is 2.33 bits per heavy atom. The van der Waals surface area contributed by atoms with E-state index < -0.39 is 0 Å². The van der Waals surface area contributed by atoms with Crippen molar-refractivity contribution in [3.63, 3.8) is 0 Å². The number of pyridine rings is 1. The van der Waals surface area contributed by atoms with Crippen LogP contribution in [0.1, 0.15) is 5.56 Å². The van der Waals surface area contributed by atoms with Crippen LogP contribution in [0.15, 0.2) is 30.5 Å². The van der Waals surface area contributed by atoms with Gasteiger partial charge in [0, 0.05) is 11.8 Å². The second-order valence-corrected chi connectivity index (χ2v) is 4.00. The minimum absolute atomic E-state index is 0.555. The molecule has 1 aromatic carbocycles. The highest BCUT2D eigenvalue weighted by Gasteiger charge is 2.07. The molecule has 0 spiro atoms. The van der Waals surface area contributed by atoms with E-state index >= 15 is 0 Å². The van der Waals surface area contributed by atoms with Crippen molar-refractivity contribution in [2.24, 2.45) is 0 Å². The number of methoxy groups -OCH3 is 2. The van der Waals surface area contributed by atoms with Crippen LogP contribution in [0.5, 0.6) is 11.5 Å². The molecule has 1 aromatic heterocycles. The highest BCUT2D eigenvalue weighted by atomic mass is 16.5. The van der Waals surface area contributed by atoms with E-state index in [9.17, 15) is 0 Å². The molecule has 0 radical (unpaired) electrons. The van der Waals surface area contributed by atoms with Crippen LogP contribution < -0.4 is 15.2 Å². The van der Waals surface area contributed by atoms with Crippen molar-refractivity contribution >= 4 is 5.82 Å². The molecule has 0 atom stereocenters. The first-order valence-corrected chi connectivity index (χ1v) is 5.60. The molecule has 2 aromatic rings. The third-order valence-electron chi connectivity index (χ3n) is 2.84. The Kier molecular flexibility index (Phi) is 3.37. The number of nitrogen functional groups attached to an aromatic ring is 1. The Morgan fingerprint density at radius 1 is 1.00 bits per heavy atom. The zero-order valence-corrected chi connectivity index (χ0v) is 10.7. The molecule has 4 heteroatoms. The van der Waals surface area contributed by atoms with Crippen molar-refractivity contribution in [2.75, 3.05) is 20.0 Å². The highest BCUT2D eigenvalue weighted by Crippen LogP contribution is 2.32. The van der Waals surface area contributed by atoms with Gasteiger partial charge in [0.05, 0.1) is 14.2 Å². The van der Waals surface area contributed by atoms with E-state index in [-0.39, 0.29) is 0 Å². The lowest BCUT2D eigenvalue weighted by atomic mass is 10.1. The Bertz CT molecular complexity index is 568. The number of aryl methyl sites for hydroxylation is 1. The van der Waals surface area contributed by atoms with Gasteiger partial charge >= 0.3 is 0 Å². The summed E-state index contributed by atoms with van der Waals surface area (Å²) in [4.78, 5) is 4.16. The number of anilines is 1. The molecule has 94 valence electrons. The minimum Gasteiger partial charge on any atom is -0.493 e. The first kappa shape index (κ1) is 12.2. The summed E-state index contributed by atoms with van der Waals surface area (Å²) in [6, 6.07) is 7.77. The number of ether oxygens (including phenoxy) is 2. The summed E-state index contributed by atoms with van der Waals surface area (Å²) in [6.45, 7) is 1.94. The molecule has 0 saturated heterocycles. The van der Waals surface area contributed by atoms with Gasteiger partial charge in [-0.3, -0.25) is 0 Å². The Hall–Kier alpha value is -2.23. The zero-order chi connectivity index (χ0) is 13.1. The van der Waals surface area contributed by atoms with Gasteiger partial charge in [0.1, 0.15) is 5.82 Å². The molecule has 0 unspecified atom stereocenters. The van der Waals surface area contributed by atoms with Gasteiger partial charge in [-0.15, -0.1) is 0 Å². The van der Waals surface area contributed by atoms with Gasteiger partial charge < -0.3 is 15.2 Å². The average Bonchev–Trinajstić information content (AvgIpc) is 2.41. The summed E-state index contributed by atoms with van der Waals surface area (Å²) >= 11 is 0. The molecule has 0 amide bonds. The van der Waals surface area contributed by atoms with E-state index in [1.54, 1.807) is 20.4 Å². The number of hydrogen-bond acceptors (Lipinski definition) is 4.